The van der Waals surface area contributed by atoms with Gasteiger partial charge in [-0.2, -0.15) is 5.26 Å². The lowest BCUT2D eigenvalue weighted by molar-refractivity contribution is -0.117. The first-order valence-electron chi connectivity index (χ1n) is 10.3. The molecule has 3 aromatic carbocycles. The number of hydrogen-bond donors (Lipinski definition) is 2. The number of benzene rings is 3. The second-order valence-corrected chi connectivity index (χ2v) is 8.01. The molecule has 0 atom stereocenters. The van der Waals surface area contributed by atoms with E-state index in [1.54, 1.807) is 17.0 Å². The summed E-state index contributed by atoms with van der Waals surface area (Å²) in [7, 11) is 0. The zero-order valence-electron chi connectivity index (χ0n) is 17.5. The van der Waals surface area contributed by atoms with Gasteiger partial charge in [0, 0.05) is 28.4 Å². The smallest absolute Gasteiger partial charge is 0.258 e. The summed E-state index contributed by atoms with van der Waals surface area (Å²) in [4.78, 5) is 29.6. The van der Waals surface area contributed by atoms with Gasteiger partial charge in [0.25, 0.3) is 5.91 Å². The Bertz CT molecular complexity index is 1460. The monoisotopic (exact) mass is 420 g/mol. The Morgan fingerprint density at radius 3 is 2.75 bits per heavy atom. The third kappa shape index (κ3) is 3.03. The van der Waals surface area contributed by atoms with Crippen molar-refractivity contribution in [1.82, 2.24) is 4.98 Å². The first kappa shape index (κ1) is 19.6. The van der Waals surface area contributed by atoms with Crippen LogP contribution in [0.3, 0.4) is 0 Å². The Morgan fingerprint density at radius 2 is 1.97 bits per heavy atom. The lowest BCUT2D eigenvalue weighted by Crippen LogP contribution is -2.24. The number of carbonyl (C=O) groups excluding carboxylic acids is 2. The summed E-state index contributed by atoms with van der Waals surface area (Å²) in [6.45, 7) is 2.48. The second-order valence-electron chi connectivity index (χ2n) is 8.01. The van der Waals surface area contributed by atoms with Gasteiger partial charge < -0.3 is 15.6 Å². The zero-order valence-corrected chi connectivity index (χ0v) is 17.5. The number of primary amides is 1. The summed E-state index contributed by atoms with van der Waals surface area (Å²) in [6.07, 6.45) is 2.02. The van der Waals surface area contributed by atoms with Gasteiger partial charge in [0.1, 0.15) is 0 Å². The molecule has 5 rings (SSSR count). The summed E-state index contributed by atoms with van der Waals surface area (Å²) in [6, 6.07) is 19.2. The van der Waals surface area contributed by atoms with Crippen LogP contribution in [-0.2, 0) is 17.8 Å². The quantitative estimate of drug-likeness (QED) is 0.517. The molecule has 1 aliphatic heterocycles. The molecule has 32 heavy (non-hydrogen) atoms. The molecular weight excluding hydrogens is 400 g/mol. The fourth-order valence-corrected chi connectivity index (χ4v) is 4.56. The summed E-state index contributed by atoms with van der Waals surface area (Å²) >= 11 is 0. The predicted molar refractivity (Wildman–Crippen MR) is 123 cm³/mol. The van der Waals surface area contributed by atoms with Gasteiger partial charge >= 0.3 is 0 Å². The minimum absolute atomic E-state index is 0.0963. The highest BCUT2D eigenvalue weighted by Gasteiger charge is 2.30. The van der Waals surface area contributed by atoms with Crippen LogP contribution < -0.4 is 10.6 Å². The summed E-state index contributed by atoms with van der Waals surface area (Å²) < 4.78 is 0. The number of nitrogens with two attached hydrogens (primary N) is 1. The normalized spacial score (nSPS) is 12.8. The lowest BCUT2D eigenvalue weighted by Gasteiger charge is -2.21. The van der Waals surface area contributed by atoms with Crippen LogP contribution >= 0.6 is 0 Å². The molecule has 3 N–H and O–H groups in total. The fraction of sp³-hybridized carbons (Fsp3) is 0.115. The summed E-state index contributed by atoms with van der Waals surface area (Å²) in [5.41, 5.74) is 13.0. The van der Waals surface area contributed by atoms with Gasteiger partial charge in [-0.1, -0.05) is 30.3 Å². The molecule has 6 heteroatoms. The molecule has 0 aliphatic carbocycles. The molecule has 1 aromatic heterocycles. The molecule has 4 aromatic rings. The van der Waals surface area contributed by atoms with Gasteiger partial charge in [0.05, 0.1) is 24.6 Å². The Hall–Kier alpha value is -4.37. The minimum Gasteiger partial charge on any atom is -0.369 e. The standard InChI is InChI=1S/C26H20N4O2/c1-15-19(20-8-7-17(12-24(28)31)25-21(20)9-10-29-25)3-2-4-23(15)30-14-18-6-5-16(13-27)11-22(18)26(30)32/h2-11,29H,12,14H2,1H3,(H2,28,31). The highest BCUT2D eigenvalue weighted by Crippen LogP contribution is 2.38. The average Bonchev–Trinajstić information content (AvgIpc) is 3.40. The van der Waals surface area contributed by atoms with Gasteiger partial charge in [-0.3, -0.25) is 9.59 Å². The van der Waals surface area contributed by atoms with E-state index in [1.807, 2.05) is 55.6 Å². The predicted octanol–water partition coefficient (Wildman–Crippen LogP) is 4.20. The number of nitrogens with zero attached hydrogens (tertiary/aromatic N) is 2. The maximum Gasteiger partial charge on any atom is 0.258 e. The van der Waals surface area contributed by atoms with Crippen molar-refractivity contribution in [3.8, 4) is 17.2 Å². The molecule has 6 nitrogen and oxygen atoms in total. The number of aromatic nitrogens is 1. The number of nitriles is 1. The van der Waals surface area contributed by atoms with E-state index in [0.29, 0.717) is 17.7 Å². The minimum atomic E-state index is -0.376. The van der Waals surface area contributed by atoms with Crippen LogP contribution in [-0.4, -0.2) is 16.8 Å². The molecule has 0 saturated heterocycles. The van der Waals surface area contributed by atoms with Crippen molar-refractivity contribution in [2.24, 2.45) is 5.73 Å². The van der Waals surface area contributed by atoms with E-state index in [2.05, 4.69) is 11.1 Å². The highest BCUT2D eigenvalue weighted by atomic mass is 16.2. The van der Waals surface area contributed by atoms with E-state index in [-0.39, 0.29) is 18.2 Å². The maximum atomic E-state index is 13.2. The van der Waals surface area contributed by atoms with Gasteiger partial charge in [-0.25, -0.2) is 0 Å². The lowest BCUT2D eigenvalue weighted by atomic mass is 9.94. The van der Waals surface area contributed by atoms with Crippen molar-refractivity contribution in [1.29, 1.82) is 5.26 Å². The van der Waals surface area contributed by atoms with Gasteiger partial charge in [-0.05, 0) is 59.0 Å². The molecule has 1 aliphatic rings. The van der Waals surface area contributed by atoms with Gasteiger partial charge in [-0.15, -0.1) is 0 Å². The average molecular weight is 420 g/mol. The molecule has 0 fully saturated rings. The number of fused-ring (bicyclic) bond motifs is 2. The first-order chi connectivity index (χ1) is 15.5. The Morgan fingerprint density at radius 1 is 1.12 bits per heavy atom. The van der Waals surface area contributed by atoms with E-state index < -0.39 is 0 Å². The van der Waals surface area contributed by atoms with Crippen LogP contribution in [0.2, 0.25) is 0 Å². The van der Waals surface area contributed by atoms with Crippen LogP contribution in [0.4, 0.5) is 5.69 Å². The number of aromatic amines is 1. The van der Waals surface area contributed by atoms with Crippen molar-refractivity contribution in [2.75, 3.05) is 4.90 Å². The summed E-state index contributed by atoms with van der Waals surface area (Å²) in [5.74, 6) is -0.473. The molecular formula is C26H20N4O2. The largest absolute Gasteiger partial charge is 0.369 e. The van der Waals surface area contributed by atoms with Crippen molar-refractivity contribution < 1.29 is 9.59 Å². The summed E-state index contributed by atoms with van der Waals surface area (Å²) in [5, 5.41) is 10.2. The van der Waals surface area contributed by atoms with E-state index in [1.165, 1.54) is 0 Å². The van der Waals surface area contributed by atoms with Crippen LogP contribution in [0.1, 0.15) is 32.6 Å². The highest BCUT2D eigenvalue weighted by molar-refractivity contribution is 6.11. The molecule has 2 heterocycles. The molecule has 0 unspecified atom stereocenters. The topological polar surface area (TPSA) is 103 Å². The van der Waals surface area contributed by atoms with E-state index >= 15 is 0 Å². The molecule has 0 radical (unpaired) electrons. The fourth-order valence-electron chi connectivity index (χ4n) is 4.56. The Balaban J connectivity index is 1.59. The van der Waals surface area contributed by atoms with Crippen LogP contribution in [0.5, 0.6) is 0 Å². The van der Waals surface area contributed by atoms with Crippen molar-refractivity contribution in [2.45, 2.75) is 19.9 Å². The molecule has 0 saturated carbocycles. The zero-order chi connectivity index (χ0) is 22.4. The molecule has 156 valence electrons. The first-order valence-corrected chi connectivity index (χ1v) is 10.3. The number of nitrogens with one attached hydrogen (secondary N) is 1. The number of carbonyl (C=O) groups is 2. The number of anilines is 1. The van der Waals surface area contributed by atoms with Gasteiger partial charge in [0.2, 0.25) is 5.91 Å². The number of hydrogen-bond acceptors (Lipinski definition) is 3. The number of amides is 2. The SMILES string of the molecule is Cc1c(-c2ccc(CC(N)=O)c3[nH]ccc23)cccc1N1Cc2ccc(C#N)cc2C1=O. The Kier molecular flexibility index (Phi) is 4.53. The third-order valence-corrected chi connectivity index (χ3v) is 6.10. The van der Waals surface area contributed by atoms with Crippen molar-refractivity contribution >= 4 is 28.4 Å². The number of rotatable bonds is 4. The van der Waals surface area contributed by atoms with E-state index in [9.17, 15) is 14.9 Å². The maximum absolute atomic E-state index is 13.2. The van der Waals surface area contributed by atoms with Gasteiger partial charge in [0.15, 0.2) is 0 Å². The molecule has 0 bridgehead atoms. The Labute approximate surface area is 184 Å². The van der Waals surface area contributed by atoms with E-state index in [0.717, 1.165) is 44.4 Å². The van der Waals surface area contributed by atoms with E-state index in [4.69, 9.17) is 5.73 Å². The van der Waals surface area contributed by atoms with Crippen molar-refractivity contribution in [3.63, 3.8) is 0 Å². The third-order valence-electron chi connectivity index (χ3n) is 6.10. The van der Waals surface area contributed by atoms with Crippen molar-refractivity contribution in [3.05, 3.63) is 88.6 Å². The van der Waals surface area contributed by atoms with Crippen LogP contribution in [0.25, 0.3) is 22.0 Å². The second kappa shape index (κ2) is 7.40. The molecule has 2 amide bonds. The van der Waals surface area contributed by atoms with Crippen LogP contribution in [0, 0.1) is 18.3 Å². The number of H-pyrrole nitrogens is 1. The van der Waals surface area contributed by atoms with Crippen LogP contribution in [0.15, 0.2) is 60.8 Å². The molecule has 0 spiro atoms.